The molecule has 1 amide bonds. The van der Waals surface area contributed by atoms with Gasteiger partial charge in [0.25, 0.3) is 0 Å². The van der Waals surface area contributed by atoms with Crippen molar-refractivity contribution >= 4 is 17.7 Å². The van der Waals surface area contributed by atoms with Crippen LogP contribution in [-0.4, -0.2) is 21.1 Å². The summed E-state index contributed by atoms with van der Waals surface area (Å²) in [6, 6.07) is 0. The van der Waals surface area contributed by atoms with Gasteiger partial charge in [0, 0.05) is 6.26 Å². The third-order valence-corrected chi connectivity index (χ3v) is 1.45. The highest BCUT2D eigenvalue weighted by atomic mass is 32.2. The lowest BCUT2D eigenvalue weighted by atomic mass is 10.4. The first-order valence-electron chi connectivity index (χ1n) is 2.84. The Morgan fingerprint density at radius 1 is 1.73 bits per heavy atom. The summed E-state index contributed by atoms with van der Waals surface area (Å²) < 4.78 is 0. The molecule has 0 aliphatic carbocycles. The minimum absolute atomic E-state index is 0.0908. The molecule has 3 N–H and O–H groups in total. The Bertz CT molecular complexity index is 259. The number of hydrogen-bond donors (Lipinski definition) is 2. The molecule has 59 valence electrons. The van der Waals surface area contributed by atoms with Gasteiger partial charge in [-0.3, -0.25) is 4.79 Å². The molecule has 0 aromatic carbocycles. The molecule has 0 atom stereocenters. The fraction of sp³-hybridized carbons (Fsp3) is 0.200. The van der Waals surface area contributed by atoms with Crippen LogP contribution in [0.4, 0.5) is 0 Å². The molecule has 1 aromatic heterocycles. The van der Waals surface area contributed by atoms with Crippen molar-refractivity contribution < 1.29 is 4.79 Å². The predicted molar refractivity (Wildman–Crippen MR) is 40.5 cm³/mol. The third kappa shape index (κ3) is 2.23. The first kappa shape index (κ1) is 8.06. The summed E-state index contributed by atoms with van der Waals surface area (Å²) >= 11 is 1.19. The van der Waals surface area contributed by atoms with Gasteiger partial charge >= 0.3 is 0 Å². The molecule has 6 heteroatoms. The van der Waals surface area contributed by atoms with Gasteiger partial charge in [-0.05, 0) is 0 Å². The van der Waals surface area contributed by atoms with Crippen LogP contribution in [0.5, 0.6) is 0 Å². The number of aromatic amines is 1. The molecule has 1 aromatic rings. The van der Waals surface area contributed by atoms with Gasteiger partial charge in [0.2, 0.25) is 5.91 Å². The number of nitrogens with one attached hydrogen (secondary N) is 1. The van der Waals surface area contributed by atoms with E-state index < -0.39 is 5.91 Å². The Hall–Kier alpha value is -1.04. The van der Waals surface area contributed by atoms with Crippen LogP contribution in [0.25, 0.3) is 0 Å². The van der Waals surface area contributed by atoms with Gasteiger partial charge in [0.05, 0.1) is 6.42 Å². The van der Waals surface area contributed by atoms with Crippen LogP contribution < -0.4 is 5.73 Å². The van der Waals surface area contributed by atoms with E-state index in [1.165, 1.54) is 11.8 Å². The molecule has 0 saturated carbocycles. The summed E-state index contributed by atoms with van der Waals surface area (Å²) in [6.45, 7) is 0. The number of carbonyl (C=O) groups is 1. The zero-order valence-electron chi connectivity index (χ0n) is 5.70. The van der Waals surface area contributed by atoms with Crippen molar-refractivity contribution in [1.82, 2.24) is 15.2 Å². The molecule has 0 bridgehead atoms. The number of rotatable bonds is 3. The molecule has 0 saturated heterocycles. The van der Waals surface area contributed by atoms with Crippen molar-refractivity contribution in [3.8, 4) is 0 Å². The Balaban J connectivity index is 2.65. The first-order chi connectivity index (χ1) is 5.22. The number of thioether (sulfide) groups is 1. The summed E-state index contributed by atoms with van der Waals surface area (Å²) in [6.07, 6.45) is 3.61. The minimum atomic E-state index is -0.429. The lowest BCUT2D eigenvalue weighted by Gasteiger charge is -1.86. The maximum atomic E-state index is 10.4. The fourth-order valence-corrected chi connectivity index (χ4v) is 0.877. The molecule has 0 spiro atoms. The topological polar surface area (TPSA) is 84.7 Å². The van der Waals surface area contributed by atoms with Crippen molar-refractivity contribution in [1.29, 1.82) is 0 Å². The molecule has 1 radical (unpaired) electrons. The van der Waals surface area contributed by atoms with Crippen LogP contribution in [0.1, 0.15) is 5.82 Å². The van der Waals surface area contributed by atoms with E-state index in [-0.39, 0.29) is 6.42 Å². The monoisotopic (exact) mass is 171 g/mol. The predicted octanol–water partition coefficient (Wildman–Crippen LogP) is -0.284. The molecule has 0 fully saturated rings. The van der Waals surface area contributed by atoms with Gasteiger partial charge in [-0.25, -0.2) is 0 Å². The maximum Gasteiger partial charge on any atom is 0.225 e. The first-order valence-corrected chi connectivity index (χ1v) is 3.83. The quantitative estimate of drug-likeness (QED) is 0.612. The molecular formula is C5H7N4OS. The van der Waals surface area contributed by atoms with E-state index in [2.05, 4.69) is 21.4 Å². The lowest BCUT2D eigenvalue weighted by Crippen LogP contribution is -2.14. The molecule has 1 rings (SSSR count). The summed E-state index contributed by atoms with van der Waals surface area (Å²) in [5.74, 6) is 0.0467. The second kappa shape index (κ2) is 3.38. The number of carbonyl (C=O) groups excluding carboxylic acids is 1. The van der Waals surface area contributed by atoms with Crippen molar-refractivity contribution in [3.63, 3.8) is 0 Å². The summed E-state index contributed by atoms with van der Waals surface area (Å²) in [5.41, 5.74) is 4.93. The molecule has 11 heavy (non-hydrogen) atoms. The van der Waals surface area contributed by atoms with Crippen molar-refractivity contribution in [2.75, 3.05) is 0 Å². The number of primary amides is 1. The highest BCUT2D eigenvalue weighted by Crippen LogP contribution is 2.08. The van der Waals surface area contributed by atoms with Gasteiger partial charge in [-0.15, -0.1) is 10.2 Å². The van der Waals surface area contributed by atoms with Gasteiger partial charge in [0.15, 0.2) is 5.16 Å². The standard InChI is InChI=1S/C5H7N4OS/c1-11-5-7-4(8-9-5)2-3(6)10/h1-2H2,(H2,6,10)(H,7,8,9). The van der Waals surface area contributed by atoms with E-state index in [0.29, 0.717) is 11.0 Å². The zero-order valence-corrected chi connectivity index (χ0v) is 6.52. The van der Waals surface area contributed by atoms with Gasteiger partial charge < -0.3 is 10.7 Å². The highest BCUT2D eigenvalue weighted by Gasteiger charge is 2.03. The molecule has 5 nitrogen and oxygen atoms in total. The van der Waals surface area contributed by atoms with E-state index in [1.807, 2.05) is 0 Å². The summed E-state index contributed by atoms with van der Waals surface area (Å²) in [7, 11) is 0. The van der Waals surface area contributed by atoms with Crippen LogP contribution in [0, 0.1) is 6.26 Å². The SMILES string of the molecule is [CH2]Sc1nnc(CC(N)=O)[nH]1. The normalized spacial score (nSPS) is 9.91. The van der Waals surface area contributed by atoms with Gasteiger partial charge in [-0.2, -0.15) is 0 Å². The molecule has 1 heterocycles. The van der Waals surface area contributed by atoms with Crippen molar-refractivity contribution in [2.45, 2.75) is 11.6 Å². The Kier molecular flexibility index (Phi) is 2.48. The lowest BCUT2D eigenvalue weighted by molar-refractivity contribution is -0.117. The smallest absolute Gasteiger partial charge is 0.225 e. The van der Waals surface area contributed by atoms with Crippen LogP contribution >= 0.6 is 11.8 Å². The second-order valence-corrected chi connectivity index (χ2v) is 2.54. The third-order valence-electron chi connectivity index (χ3n) is 0.991. The average Bonchev–Trinajstić information content (AvgIpc) is 2.34. The highest BCUT2D eigenvalue weighted by molar-refractivity contribution is 8.00. The zero-order chi connectivity index (χ0) is 8.27. The van der Waals surface area contributed by atoms with E-state index >= 15 is 0 Å². The molecule has 0 aliphatic rings. The summed E-state index contributed by atoms with van der Waals surface area (Å²) in [4.78, 5) is 13.1. The largest absolute Gasteiger partial charge is 0.369 e. The number of amides is 1. The van der Waals surface area contributed by atoms with E-state index in [9.17, 15) is 4.79 Å². The minimum Gasteiger partial charge on any atom is -0.369 e. The Labute approximate surface area is 67.8 Å². The van der Waals surface area contributed by atoms with E-state index in [1.54, 1.807) is 0 Å². The number of aromatic nitrogens is 3. The average molecular weight is 171 g/mol. The van der Waals surface area contributed by atoms with E-state index in [0.717, 1.165) is 0 Å². The van der Waals surface area contributed by atoms with Crippen LogP contribution in [0.2, 0.25) is 0 Å². The van der Waals surface area contributed by atoms with Crippen LogP contribution in [-0.2, 0) is 11.2 Å². The molecule has 0 aliphatic heterocycles. The molecule has 0 unspecified atom stereocenters. The van der Waals surface area contributed by atoms with Crippen LogP contribution in [0.3, 0.4) is 0 Å². The fourth-order valence-electron chi connectivity index (χ4n) is 0.589. The van der Waals surface area contributed by atoms with Crippen LogP contribution in [0.15, 0.2) is 5.16 Å². The Morgan fingerprint density at radius 2 is 2.45 bits per heavy atom. The van der Waals surface area contributed by atoms with E-state index in [4.69, 9.17) is 5.73 Å². The van der Waals surface area contributed by atoms with Gasteiger partial charge in [0.1, 0.15) is 5.82 Å². The molecular weight excluding hydrogens is 164 g/mol. The van der Waals surface area contributed by atoms with Gasteiger partial charge in [-0.1, -0.05) is 11.8 Å². The Morgan fingerprint density at radius 3 is 2.91 bits per heavy atom. The summed E-state index contributed by atoms with van der Waals surface area (Å²) in [5, 5.41) is 7.92. The van der Waals surface area contributed by atoms with Crippen molar-refractivity contribution in [2.24, 2.45) is 5.73 Å². The number of nitrogens with zero attached hydrogens (tertiary/aromatic N) is 2. The number of H-pyrrole nitrogens is 1. The second-order valence-electron chi connectivity index (χ2n) is 1.86. The number of nitrogens with two attached hydrogens (primary N) is 1. The van der Waals surface area contributed by atoms with Crippen molar-refractivity contribution in [3.05, 3.63) is 12.1 Å². The maximum absolute atomic E-state index is 10.4. The number of hydrogen-bond acceptors (Lipinski definition) is 4.